The molecular formula is C18H24N4O3S3. The number of amides is 1. The second-order valence-electron chi connectivity index (χ2n) is 6.23. The topological polar surface area (TPSA) is 92.3 Å². The lowest BCUT2D eigenvalue weighted by molar-refractivity contribution is -0.117. The van der Waals surface area contributed by atoms with Crippen LogP contribution < -0.4 is 9.62 Å². The fourth-order valence-corrected chi connectivity index (χ4v) is 5.41. The molecule has 1 atom stereocenters. The Hall–Kier alpha value is -1.91. The van der Waals surface area contributed by atoms with Crippen LogP contribution in [0.4, 0.5) is 10.8 Å². The van der Waals surface area contributed by atoms with Crippen molar-refractivity contribution in [3.63, 3.8) is 0 Å². The molecule has 0 aliphatic rings. The molecule has 0 saturated heterocycles. The fraction of sp³-hybridized carbons (Fsp3) is 0.389. The van der Waals surface area contributed by atoms with Crippen molar-refractivity contribution in [3.8, 4) is 0 Å². The molecular weight excluding hydrogens is 416 g/mol. The van der Waals surface area contributed by atoms with E-state index < -0.39 is 22.0 Å². The van der Waals surface area contributed by atoms with Crippen molar-refractivity contribution in [1.29, 1.82) is 0 Å². The highest BCUT2D eigenvalue weighted by atomic mass is 32.2. The molecule has 152 valence electrons. The third kappa shape index (κ3) is 5.55. The normalized spacial score (nSPS) is 12.4. The van der Waals surface area contributed by atoms with Gasteiger partial charge in [-0.05, 0) is 37.5 Å². The maximum atomic E-state index is 12.9. The molecule has 7 nitrogen and oxygen atoms in total. The van der Waals surface area contributed by atoms with Crippen LogP contribution in [0, 0.1) is 13.8 Å². The van der Waals surface area contributed by atoms with E-state index in [9.17, 15) is 13.2 Å². The third-order valence-electron chi connectivity index (χ3n) is 3.89. The molecule has 0 bridgehead atoms. The van der Waals surface area contributed by atoms with Gasteiger partial charge in [0.25, 0.3) is 0 Å². The minimum atomic E-state index is -3.69. The number of thioether (sulfide) groups is 1. The first-order valence-corrected chi connectivity index (χ1v) is 12.3. The van der Waals surface area contributed by atoms with Crippen LogP contribution in [0.5, 0.6) is 0 Å². The fourth-order valence-electron chi connectivity index (χ4n) is 2.63. The number of hydrogen-bond acceptors (Lipinski definition) is 7. The number of anilines is 2. The van der Waals surface area contributed by atoms with Crippen LogP contribution in [0.2, 0.25) is 0 Å². The van der Waals surface area contributed by atoms with Crippen LogP contribution in [0.25, 0.3) is 0 Å². The van der Waals surface area contributed by atoms with E-state index in [1.54, 1.807) is 19.1 Å². The lowest BCUT2D eigenvalue weighted by Crippen LogP contribution is -2.47. The van der Waals surface area contributed by atoms with Crippen molar-refractivity contribution < 1.29 is 13.2 Å². The van der Waals surface area contributed by atoms with Crippen LogP contribution in [-0.2, 0) is 14.8 Å². The quantitative estimate of drug-likeness (QED) is 0.364. The van der Waals surface area contributed by atoms with Gasteiger partial charge in [0.2, 0.25) is 21.1 Å². The molecule has 1 amide bonds. The van der Waals surface area contributed by atoms with E-state index in [4.69, 9.17) is 0 Å². The Morgan fingerprint density at radius 2 is 2.11 bits per heavy atom. The molecule has 10 heteroatoms. The van der Waals surface area contributed by atoms with Gasteiger partial charge in [-0.15, -0.1) is 16.8 Å². The van der Waals surface area contributed by atoms with E-state index >= 15 is 0 Å². The molecule has 0 saturated carbocycles. The lowest BCUT2D eigenvalue weighted by atomic mass is 10.1. The smallest absolute Gasteiger partial charge is 0.250 e. The van der Waals surface area contributed by atoms with Crippen molar-refractivity contribution in [1.82, 2.24) is 10.2 Å². The highest BCUT2D eigenvalue weighted by Crippen LogP contribution is 2.29. The van der Waals surface area contributed by atoms with E-state index in [1.165, 1.54) is 27.4 Å². The maximum Gasteiger partial charge on any atom is 0.250 e. The summed E-state index contributed by atoms with van der Waals surface area (Å²) in [4.78, 5) is 12.9. The van der Waals surface area contributed by atoms with Crippen LogP contribution >= 0.6 is 23.1 Å². The minimum absolute atomic E-state index is 0.309. The summed E-state index contributed by atoms with van der Waals surface area (Å²) in [6.45, 7) is 9.14. The third-order valence-corrected chi connectivity index (χ3v) is 7.03. The minimum Gasteiger partial charge on any atom is -0.299 e. The summed E-state index contributed by atoms with van der Waals surface area (Å²) in [6.07, 6.45) is 3.18. The Morgan fingerprint density at radius 3 is 2.71 bits per heavy atom. The van der Waals surface area contributed by atoms with Gasteiger partial charge in [-0.1, -0.05) is 48.2 Å². The van der Waals surface area contributed by atoms with E-state index in [-0.39, 0.29) is 0 Å². The number of carbonyl (C=O) groups is 1. The van der Waals surface area contributed by atoms with Gasteiger partial charge >= 0.3 is 0 Å². The molecule has 1 heterocycles. The molecule has 2 rings (SSSR count). The summed E-state index contributed by atoms with van der Waals surface area (Å²) >= 11 is 2.71. The molecule has 2 aromatic rings. The monoisotopic (exact) mass is 440 g/mol. The van der Waals surface area contributed by atoms with Gasteiger partial charge in [-0.2, -0.15) is 0 Å². The Morgan fingerprint density at radius 1 is 1.39 bits per heavy atom. The molecule has 28 heavy (non-hydrogen) atoms. The summed E-state index contributed by atoms with van der Waals surface area (Å²) in [5.41, 5.74) is 2.20. The molecule has 0 fully saturated rings. The first kappa shape index (κ1) is 22.4. The highest BCUT2D eigenvalue weighted by Gasteiger charge is 2.33. The Labute approximate surface area is 174 Å². The summed E-state index contributed by atoms with van der Waals surface area (Å²) in [7, 11) is -3.69. The van der Waals surface area contributed by atoms with Gasteiger partial charge in [-0.3, -0.25) is 14.4 Å². The van der Waals surface area contributed by atoms with E-state index in [0.29, 0.717) is 27.3 Å². The van der Waals surface area contributed by atoms with Gasteiger partial charge in [0.1, 0.15) is 6.04 Å². The number of rotatable bonds is 9. The molecule has 0 aliphatic heterocycles. The molecule has 1 aromatic heterocycles. The molecule has 1 aromatic carbocycles. The number of aromatic nitrogens is 2. The van der Waals surface area contributed by atoms with Crippen LogP contribution in [0.15, 0.2) is 35.2 Å². The van der Waals surface area contributed by atoms with E-state index in [2.05, 4.69) is 22.1 Å². The van der Waals surface area contributed by atoms with Crippen LogP contribution in [0.3, 0.4) is 0 Å². The zero-order valence-corrected chi connectivity index (χ0v) is 18.7. The van der Waals surface area contributed by atoms with Gasteiger partial charge in [0, 0.05) is 5.75 Å². The summed E-state index contributed by atoms with van der Waals surface area (Å²) in [5, 5.41) is 11.0. The van der Waals surface area contributed by atoms with Gasteiger partial charge < -0.3 is 0 Å². The number of sulfonamides is 1. The largest absolute Gasteiger partial charge is 0.299 e. The second-order valence-corrected chi connectivity index (χ2v) is 10.3. The highest BCUT2D eigenvalue weighted by molar-refractivity contribution is 8.01. The van der Waals surface area contributed by atoms with Gasteiger partial charge in [-0.25, -0.2) is 8.42 Å². The molecule has 0 radical (unpaired) electrons. The summed E-state index contributed by atoms with van der Waals surface area (Å²) in [5.74, 6) is 0.250. The zero-order chi connectivity index (χ0) is 20.9. The second kappa shape index (κ2) is 9.53. The zero-order valence-electron chi connectivity index (χ0n) is 16.3. The Bertz CT molecular complexity index is 957. The van der Waals surface area contributed by atoms with Crippen molar-refractivity contribution >= 4 is 49.8 Å². The predicted octanol–water partition coefficient (Wildman–Crippen LogP) is 3.62. The average molecular weight is 441 g/mol. The number of aryl methyl sites for hydroxylation is 2. The predicted molar refractivity (Wildman–Crippen MR) is 117 cm³/mol. The van der Waals surface area contributed by atoms with Gasteiger partial charge in [0.15, 0.2) is 4.34 Å². The summed E-state index contributed by atoms with van der Waals surface area (Å²) < 4.78 is 27.1. The number of hydrogen-bond donors (Lipinski definition) is 1. The SMILES string of the molecule is C=CCSc1nnc(NC(=O)[C@H](CC)N(c2cc(C)ccc2C)S(C)(=O)=O)s1. The first-order valence-electron chi connectivity index (χ1n) is 8.62. The molecule has 0 unspecified atom stereocenters. The molecule has 0 spiro atoms. The van der Waals surface area contributed by atoms with E-state index in [1.807, 2.05) is 26.0 Å². The average Bonchev–Trinajstić information content (AvgIpc) is 3.06. The summed E-state index contributed by atoms with van der Waals surface area (Å²) in [6, 6.07) is 4.63. The van der Waals surface area contributed by atoms with E-state index in [0.717, 1.165) is 17.4 Å². The Balaban J connectivity index is 2.33. The standard InChI is InChI=1S/C18H24N4O3S3/c1-6-10-26-18-21-20-17(27-18)19-16(23)14(7-2)22(28(5,24)25)15-11-12(3)8-9-13(15)4/h6,8-9,11,14H,1,7,10H2,2-5H3,(H,19,20,23)/t14-/m0/s1. The van der Waals surface area contributed by atoms with Crippen molar-refractivity contribution in [2.45, 2.75) is 37.6 Å². The lowest BCUT2D eigenvalue weighted by Gasteiger charge is -2.31. The number of carbonyl (C=O) groups excluding carboxylic acids is 1. The van der Waals surface area contributed by atoms with Crippen molar-refractivity contribution in [2.75, 3.05) is 21.6 Å². The van der Waals surface area contributed by atoms with Crippen LogP contribution in [-0.4, -0.2) is 42.6 Å². The molecule has 1 N–H and O–H groups in total. The van der Waals surface area contributed by atoms with Crippen LogP contribution in [0.1, 0.15) is 24.5 Å². The maximum absolute atomic E-state index is 12.9. The van der Waals surface area contributed by atoms with Crippen molar-refractivity contribution in [2.24, 2.45) is 0 Å². The Kier molecular flexibility index (Phi) is 7.62. The number of benzene rings is 1. The number of nitrogens with zero attached hydrogens (tertiary/aromatic N) is 3. The molecule has 0 aliphatic carbocycles. The number of nitrogens with one attached hydrogen (secondary N) is 1. The van der Waals surface area contributed by atoms with Gasteiger partial charge in [0.05, 0.1) is 11.9 Å². The van der Waals surface area contributed by atoms with Crippen molar-refractivity contribution in [3.05, 3.63) is 42.0 Å². The first-order chi connectivity index (χ1) is 13.2.